The van der Waals surface area contributed by atoms with Gasteiger partial charge in [0.2, 0.25) is 0 Å². The molecule has 0 aliphatic rings. The van der Waals surface area contributed by atoms with Crippen LogP contribution in [0, 0.1) is 0 Å². The van der Waals surface area contributed by atoms with E-state index < -0.39 is 26.1 Å². The van der Waals surface area contributed by atoms with E-state index in [0.717, 1.165) is 18.1 Å². The van der Waals surface area contributed by atoms with E-state index in [0.29, 0.717) is 16.7 Å². The summed E-state index contributed by atoms with van der Waals surface area (Å²) in [5.41, 5.74) is 7.99. The maximum Gasteiger partial charge on any atom is 0.306 e. The Labute approximate surface area is 250 Å². The highest BCUT2D eigenvalue weighted by Crippen LogP contribution is 2.51. The molecule has 0 heterocycles. The van der Waals surface area contributed by atoms with Gasteiger partial charge in [0.05, 0.1) is 37.9 Å². The van der Waals surface area contributed by atoms with Crippen molar-refractivity contribution in [3.8, 4) is 51.0 Å². The Balaban J connectivity index is 1.88. The topological polar surface area (TPSA) is 158 Å². The van der Waals surface area contributed by atoms with Crippen LogP contribution in [0.2, 0.25) is 0 Å². The van der Waals surface area contributed by atoms with Gasteiger partial charge in [0.25, 0.3) is 5.91 Å². The van der Waals surface area contributed by atoms with Crippen molar-refractivity contribution in [3.63, 3.8) is 0 Å². The van der Waals surface area contributed by atoms with E-state index in [9.17, 15) is 21.6 Å². The van der Waals surface area contributed by atoms with Gasteiger partial charge in [0.1, 0.15) is 23.9 Å². The molecule has 43 heavy (non-hydrogen) atoms. The Kier molecular flexibility index (Phi) is 9.16. The van der Waals surface area contributed by atoms with Crippen molar-refractivity contribution in [2.24, 2.45) is 5.73 Å². The SMILES string of the molecule is COc1cc(-c2ccc(OS(C)(=O)=O)cc2)c(OC)c(OS(C)(=O)=O)c1-c1ccc(OCc2ccccc2)c(C(N)=O)c1. The lowest BCUT2D eigenvalue weighted by Gasteiger charge is -2.21. The van der Waals surface area contributed by atoms with E-state index in [1.165, 1.54) is 32.4 Å². The minimum absolute atomic E-state index is 0.0306. The number of hydrogen-bond acceptors (Lipinski definition) is 10. The summed E-state index contributed by atoms with van der Waals surface area (Å²) in [6, 6.07) is 21.5. The van der Waals surface area contributed by atoms with E-state index in [4.69, 9.17) is 28.3 Å². The van der Waals surface area contributed by atoms with Crippen LogP contribution >= 0.6 is 0 Å². The van der Waals surface area contributed by atoms with Gasteiger partial charge in [-0.25, -0.2) is 0 Å². The number of rotatable bonds is 12. The molecule has 11 nitrogen and oxygen atoms in total. The zero-order valence-electron chi connectivity index (χ0n) is 23.7. The smallest absolute Gasteiger partial charge is 0.306 e. The number of hydrogen-bond donors (Lipinski definition) is 1. The minimum Gasteiger partial charge on any atom is -0.496 e. The van der Waals surface area contributed by atoms with Gasteiger partial charge in [-0.1, -0.05) is 48.5 Å². The molecular formula is C30H29NO10S2. The first-order chi connectivity index (χ1) is 20.3. The van der Waals surface area contributed by atoms with Crippen LogP contribution in [0.5, 0.6) is 28.7 Å². The molecule has 4 rings (SSSR count). The summed E-state index contributed by atoms with van der Waals surface area (Å²) >= 11 is 0. The van der Waals surface area contributed by atoms with Crippen LogP contribution in [-0.4, -0.2) is 49.5 Å². The van der Waals surface area contributed by atoms with Crippen molar-refractivity contribution in [2.75, 3.05) is 26.7 Å². The average molecular weight is 628 g/mol. The number of carbonyl (C=O) groups excluding carboxylic acids is 1. The highest BCUT2D eigenvalue weighted by molar-refractivity contribution is 7.86. The van der Waals surface area contributed by atoms with E-state index in [1.807, 2.05) is 30.3 Å². The summed E-state index contributed by atoms with van der Waals surface area (Å²) < 4.78 is 75.4. The van der Waals surface area contributed by atoms with E-state index in [-0.39, 0.29) is 46.5 Å². The summed E-state index contributed by atoms with van der Waals surface area (Å²) in [6.07, 6.45) is 1.80. The van der Waals surface area contributed by atoms with E-state index in [2.05, 4.69) is 0 Å². The van der Waals surface area contributed by atoms with Crippen LogP contribution in [-0.2, 0) is 26.8 Å². The molecule has 0 aliphatic carbocycles. The molecule has 0 spiro atoms. The molecule has 0 atom stereocenters. The van der Waals surface area contributed by atoms with Crippen LogP contribution < -0.4 is 28.3 Å². The van der Waals surface area contributed by atoms with Gasteiger partial charge >= 0.3 is 20.2 Å². The molecule has 0 radical (unpaired) electrons. The molecule has 0 bridgehead atoms. The van der Waals surface area contributed by atoms with Crippen molar-refractivity contribution < 1.29 is 44.2 Å². The fourth-order valence-corrected chi connectivity index (χ4v) is 5.23. The van der Waals surface area contributed by atoms with Gasteiger partial charge in [-0.05, 0) is 47.0 Å². The molecule has 0 aliphatic heterocycles. The zero-order chi connectivity index (χ0) is 31.4. The second-order valence-electron chi connectivity index (χ2n) is 9.31. The van der Waals surface area contributed by atoms with Crippen LogP contribution in [0.15, 0.2) is 78.9 Å². The lowest BCUT2D eigenvalue weighted by Crippen LogP contribution is -2.14. The summed E-state index contributed by atoms with van der Waals surface area (Å²) in [7, 11) is -5.13. The molecule has 226 valence electrons. The lowest BCUT2D eigenvalue weighted by atomic mass is 9.95. The monoisotopic (exact) mass is 627 g/mol. The summed E-state index contributed by atoms with van der Waals surface area (Å²) in [5, 5.41) is 0. The molecule has 0 fully saturated rings. The summed E-state index contributed by atoms with van der Waals surface area (Å²) in [5.74, 6) is -0.458. The highest BCUT2D eigenvalue weighted by Gasteiger charge is 2.27. The molecule has 0 aromatic heterocycles. The van der Waals surface area contributed by atoms with E-state index >= 15 is 0 Å². The third-order valence-electron chi connectivity index (χ3n) is 6.04. The van der Waals surface area contributed by atoms with Crippen LogP contribution in [0.4, 0.5) is 0 Å². The van der Waals surface area contributed by atoms with Crippen molar-refractivity contribution in [3.05, 3.63) is 90.0 Å². The van der Waals surface area contributed by atoms with Crippen molar-refractivity contribution in [1.82, 2.24) is 0 Å². The van der Waals surface area contributed by atoms with Gasteiger partial charge in [-0.15, -0.1) is 0 Å². The summed E-state index contributed by atoms with van der Waals surface area (Å²) in [4.78, 5) is 12.5. The largest absolute Gasteiger partial charge is 0.496 e. The number of nitrogens with two attached hydrogens (primary N) is 1. The Morgan fingerprint density at radius 3 is 1.91 bits per heavy atom. The normalized spacial score (nSPS) is 11.4. The second-order valence-corrected chi connectivity index (χ2v) is 12.5. The van der Waals surface area contributed by atoms with Gasteiger partial charge in [0.15, 0.2) is 11.5 Å². The molecule has 0 saturated heterocycles. The maximum absolute atomic E-state index is 12.5. The molecule has 0 unspecified atom stereocenters. The van der Waals surface area contributed by atoms with Crippen LogP contribution in [0.25, 0.3) is 22.3 Å². The van der Waals surface area contributed by atoms with Crippen molar-refractivity contribution >= 4 is 26.1 Å². The number of benzene rings is 4. The fraction of sp³-hybridized carbons (Fsp3) is 0.167. The fourth-order valence-electron chi connectivity index (χ4n) is 4.30. The Morgan fingerprint density at radius 1 is 0.721 bits per heavy atom. The standard InChI is InChI=1S/C30H29NO10S2/c1-37-26-17-23(20-10-13-22(14-11-20)40-42(3,33)34)28(38-2)29(41-43(4,35)36)27(26)21-12-15-25(24(16-21)30(31)32)39-18-19-8-6-5-7-9-19/h5-17H,18H2,1-4H3,(H2,31,32). The number of methoxy groups -OCH3 is 2. The molecular weight excluding hydrogens is 598 g/mol. The molecule has 4 aromatic carbocycles. The first-order valence-corrected chi connectivity index (χ1v) is 16.2. The third kappa shape index (κ3) is 7.76. The minimum atomic E-state index is -4.10. The van der Waals surface area contributed by atoms with Crippen molar-refractivity contribution in [1.29, 1.82) is 0 Å². The van der Waals surface area contributed by atoms with Crippen molar-refractivity contribution in [2.45, 2.75) is 6.61 Å². The first kappa shape index (κ1) is 31.2. The number of carbonyl (C=O) groups is 1. The van der Waals surface area contributed by atoms with Gasteiger partial charge in [-0.3, -0.25) is 4.79 Å². The Bertz CT molecular complexity index is 1860. The maximum atomic E-state index is 12.5. The van der Waals surface area contributed by atoms with Gasteiger partial charge in [-0.2, -0.15) is 16.8 Å². The van der Waals surface area contributed by atoms with Gasteiger partial charge in [0, 0.05) is 5.56 Å². The quantitative estimate of drug-likeness (QED) is 0.223. The first-order valence-electron chi connectivity index (χ1n) is 12.6. The summed E-state index contributed by atoms with van der Waals surface area (Å²) in [6.45, 7) is 0.183. The Hall–Kier alpha value is -4.75. The lowest BCUT2D eigenvalue weighted by molar-refractivity contribution is 0.0996. The van der Waals surface area contributed by atoms with Gasteiger partial charge < -0.3 is 28.3 Å². The number of amides is 1. The predicted octanol–water partition coefficient (Wildman–Crippen LogP) is 4.39. The Morgan fingerprint density at radius 2 is 1.35 bits per heavy atom. The van der Waals surface area contributed by atoms with Crippen LogP contribution in [0.1, 0.15) is 15.9 Å². The number of ether oxygens (including phenoxy) is 3. The highest BCUT2D eigenvalue weighted by atomic mass is 32.2. The molecule has 2 N–H and O–H groups in total. The molecule has 1 amide bonds. The molecule has 0 saturated carbocycles. The zero-order valence-corrected chi connectivity index (χ0v) is 25.3. The molecule has 13 heteroatoms. The van der Waals surface area contributed by atoms with E-state index in [1.54, 1.807) is 30.3 Å². The van der Waals surface area contributed by atoms with Crippen LogP contribution in [0.3, 0.4) is 0 Å². The number of primary amides is 1. The third-order valence-corrected chi connectivity index (χ3v) is 7.01. The molecule has 4 aromatic rings. The second kappa shape index (κ2) is 12.6. The average Bonchev–Trinajstić information content (AvgIpc) is 2.94. The predicted molar refractivity (Wildman–Crippen MR) is 161 cm³/mol.